The van der Waals surface area contributed by atoms with Crippen molar-refractivity contribution in [2.24, 2.45) is 0 Å². The zero-order chi connectivity index (χ0) is 29.9. The molecule has 220 valence electrons. The monoisotopic (exact) mass is 571 g/mol. The molecular weight excluding hydrogens is 526 g/mol. The van der Waals surface area contributed by atoms with Gasteiger partial charge in [-0.25, -0.2) is 4.79 Å². The third-order valence-corrected chi connectivity index (χ3v) is 6.97. The van der Waals surface area contributed by atoms with Gasteiger partial charge in [-0.05, 0) is 70.7 Å². The number of alkyl carbamates (subject to hydrolysis) is 1. The molecule has 0 fully saturated rings. The van der Waals surface area contributed by atoms with Gasteiger partial charge in [0.25, 0.3) is 5.91 Å². The number of halogens is 1. The van der Waals surface area contributed by atoms with Crippen LogP contribution in [0.15, 0.2) is 42.5 Å². The second-order valence-electron chi connectivity index (χ2n) is 11.3. The number of aryl methyl sites for hydroxylation is 2. The van der Waals surface area contributed by atoms with E-state index in [4.69, 9.17) is 16.3 Å². The van der Waals surface area contributed by atoms with Gasteiger partial charge in [-0.3, -0.25) is 9.59 Å². The van der Waals surface area contributed by atoms with Gasteiger partial charge < -0.3 is 20.3 Å². The summed E-state index contributed by atoms with van der Waals surface area (Å²) >= 11 is 6.45. The fourth-order valence-electron chi connectivity index (χ4n) is 4.55. The average molecular weight is 572 g/mol. The van der Waals surface area contributed by atoms with Gasteiger partial charge in [0.1, 0.15) is 17.7 Å². The SMILES string of the molecule is CCCCCCCCN(C(=O)C(C)NC(=O)OC(C)(C)C)C(C(=O)Nc1c(C)cccc1Cl)c1ccccc1C. The van der Waals surface area contributed by atoms with Crippen LogP contribution in [0.1, 0.15) is 95.9 Å². The topological polar surface area (TPSA) is 87.7 Å². The number of para-hydroxylation sites is 1. The maximum Gasteiger partial charge on any atom is 0.408 e. The Morgan fingerprint density at radius 2 is 1.55 bits per heavy atom. The molecule has 8 heteroatoms. The number of anilines is 1. The first kappa shape index (κ1) is 33.1. The molecule has 2 N–H and O–H groups in total. The van der Waals surface area contributed by atoms with E-state index < -0.39 is 23.8 Å². The minimum Gasteiger partial charge on any atom is -0.444 e. The molecule has 3 amide bonds. The summed E-state index contributed by atoms with van der Waals surface area (Å²) in [5.41, 5.74) is 2.22. The Balaban J connectivity index is 2.45. The number of ether oxygens (including phenoxy) is 1. The minimum absolute atomic E-state index is 0.360. The van der Waals surface area contributed by atoms with Crippen molar-refractivity contribution in [1.82, 2.24) is 10.2 Å². The van der Waals surface area contributed by atoms with Crippen molar-refractivity contribution >= 4 is 35.2 Å². The lowest BCUT2D eigenvalue weighted by molar-refractivity contribution is -0.140. The van der Waals surface area contributed by atoms with Crippen LogP contribution in [0.5, 0.6) is 0 Å². The lowest BCUT2D eigenvalue weighted by atomic mass is 9.97. The predicted octanol–water partition coefficient (Wildman–Crippen LogP) is 7.74. The Labute approximate surface area is 245 Å². The van der Waals surface area contributed by atoms with Crippen LogP contribution in [-0.2, 0) is 14.3 Å². The second kappa shape index (κ2) is 15.7. The quantitative estimate of drug-likeness (QED) is 0.241. The number of unbranched alkanes of at least 4 members (excludes halogenated alkanes) is 5. The Bertz CT molecular complexity index is 1120. The van der Waals surface area contributed by atoms with Crippen molar-refractivity contribution in [3.8, 4) is 0 Å². The number of nitrogens with zero attached hydrogens (tertiary/aromatic N) is 1. The number of amides is 3. The minimum atomic E-state index is -0.928. The van der Waals surface area contributed by atoms with Crippen LogP contribution in [0.3, 0.4) is 0 Å². The van der Waals surface area contributed by atoms with E-state index in [1.165, 1.54) is 6.42 Å². The second-order valence-corrected chi connectivity index (χ2v) is 11.8. The van der Waals surface area contributed by atoms with Crippen LogP contribution < -0.4 is 10.6 Å². The highest BCUT2D eigenvalue weighted by atomic mass is 35.5. The number of rotatable bonds is 13. The maximum atomic E-state index is 14.0. The number of benzene rings is 2. The van der Waals surface area contributed by atoms with Crippen molar-refractivity contribution in [1.29, 1.82) is 0 Å². The van der Waals surface area contributed by atoms with Gasteiger partial charge >= 0.3 is 6.09 Å². The Kier molecular flexibility index (Phi) is 13.0. The van der Waals surface area contributed by atoms with Gasteiger partial charge in [0, 0.05) is 6.54 Å². The van der Waals surface area contributed by atoms with E-state index in [-0.39, 0.29) is 11.8 Å². The number of nitrogens with one attached hydrogen (secondary N) is 2. The Hall–Kier alpha value is -3.06. The molecular formula is C32H46ClN3O4. The molecule has 0 saturated heterocycles. The zero-order valence-corrected chi connectivity index (χ0v) is 25.9. The molecule has 0 aliphatic rings. The molecule has 40 heavy (non-hydrogen) atoms. The third kappa shape index (κ3) is 10.2. The number of hydrogen-bond donors (Lipinski definition) is 2. The summed E-state index contributed by atoms with van der Waals surface area (Å²) < 4.78 is 5.38. The first-order valence-electron chi connectivity index (χ1n) is 14.3. The molecule has 2 unspecified atom stereocenters. The summed E-state index contributed by atoms with van der Waals surface area (Å²) in [4.78, 5) is 42.1. The highest BCUT2D eigenvalue weighted by molar-refractivity contribution is 6.34. The van der Waals surface area contributed by atoms with Crippen LogP contribution in [0.4, 0.5) is 10.5 Å². The summed E-state index contributed by atoms with van der Waals surface area (Å²) in [5, 5.41) is 6.07. The van der Waals surface area contributed by atoms with E-state index in [1.54, 1.807) is 38.7 Å². The molecule has 0 heterocycles. The largest absolute Gasteiger partial charge is 0.444 e. The normalized spacial score (nSPS) is 12.8. The molecule has 0 aliphatic carbocycles. The first-order chi connectivity index (χ1) is 18.9. The van der Waals surface area contributed by atoms with Crippen molar-refractivity contribution in [2.45, 2.75) is 105 Å². The third-order valence-electron chi connectivity index (χ3n) is 6.65. The zero-order valence-electron chi connectivity index (χ0n) is 25.1. The van der Waals surface area contributed by atoms with E-state index in [0.29, 0.717) is 22.8 Å². The molecule has 0 aromatic heterocycles. The van der Waals surface area contributed by atoms with Gasteiger partial charge in [0.15, 0.2) is 0 Å². The van der Waals surface area contributed by atoms with Gasteiger partial charge in [-0.2, -0.15) is 0 Å². The van der Waals surface area contributed by atoms with E-state index in [2.05, 4.69) is 17.6 Å². The van der Waals surface area contributed by atoms with Crippen LogP contribution in [0.25, 0.3) is 0 Å². The highest BCUT2D eigenvalue weighted by Gasteiger charge is 2.35. The Morgan fingerprint density at radius 3 is 2.17 bits per heavy atom. The van der Waals surface area contributed by atoms with Crippen LogP contribution in [0, 0.1) is 13.8 Å². The van der Waals surface area contributed by atoms with Gasteiger partial charge in [-0.15, -0.1) is 0 Å². The molecule has 2 aromatic carbocycles. The highest BCUT2D eigenvalue weighted by Crippen LogP contribution is 2.31. The molecule has 2 aromatic rings. The molecule has 0 bridgehead atoms. The molecule has 0 radical (unpaired) electrons. The Morgan fingerprint density at radius 1 is 0.925 bits per heavy atom. The van der Waals surface area contributed by atoms with E-state index >= 15 is 0 Å². The molecule has 7 nitrogen and oxygen atoms in total. The van der Waals surface area contributed by atoms with E-state index in [1.807, 2.05) is 50.2 Å². The van der Waals surface area contributed by atoms with Crippen molar-refractivity contribution in [3.05, 3.63) is 64.2 Å². The fraction of sp³-hybridized carbons (Fsp3) is 0.531. The standard InChI is InChI=1S/C32H46ClN3O4/c1-8-9-10-11-12-15-21-36(30(38)24(4)34-31(39)40-32(5,6)7)28(25-19-14-13-17-22(25)2)29(37)35-27-23(3)18-16-20-26(27)33/h13-14,16-20,24,28H,8-12,15,21H2,1-7H3,(H,34,39)(H,35,37). The van der Waals surface area contributed by atoms with Gasteiger partial charge in [-0.1, -0.05) is 87.0 Å². The smallest absolute Gasteiger partial charge is 0.408 e. The van der Waals surface area contributed by atoms with Crippen LogP contribution in [-0.4, -0.2) is 41.0 Å². The lowest BCUT2D eigenvalue weighted by Crippen LogP contribution is -2.51. The maximum absolute atomic E-state index is 14.0. The number of carbonyl (C=O) groups is 3. The van der Waals surface area contributed by atoms with Crippen molar-refractivity contribution in [3.63, 3.8) is 0 Å². The van der Waals surface area contributed by atoms with Crippen molar-refractivity contribution in [2.75, 3.05) is 11.9 Å². The molecule has 0 aliphatic heterocycles. The first-order valence-corrected chi connectivity index (χ1v) is 14.6. The summed E-state index contributed by atoms with van der Waals surface area (Å²) in [5.74, 6) is -0.729. The summed E-state index contributed by atoms with van der Waals surface area (Å²) in [6.07, 6.45) is 5.49. The number of carbonyl (C=O) groups excluding carboxylic acids is 3. The summed E-state index contributed by atoms with van der Waals surface area (Å²) in [6, 6.07) is 11.1. The molecule has 0 spiro atoms. The molecule has 2 atom stereocenters. The lowest BCUT2D eigenvalue weighted by Gasteiger charge is -2.34. The van der Waals surface area contributed by atoms with Gasteiger partial charge in [0.2, 0.25) is 5.91 Å². The summed E-state index contributed by atoms with van der Waals surface area (Å²) in [6.45, 7) is 13.2. The van der Waals surface area contributed by atoms with E-state index in [9.17, 15) is 14.4 Å². The van der Waals surface area contributed by atoms with E-state index in [0.717, 1.165) is 43.2 Å². The van der Waals surface area contributed by atoms with Crippen LogP contribution in [0.2, 0.25) is 5.02 Å². The van der Waals surface area contributed by atoms with Crippen LogP contribution >= 0.6 is 11.6 Å². The average Bonchev–Trinajstić information content (AvgIpc) is 2.86. The predicted molar refractivity (Wildman–Crippen MR) is 163 cm³/mol. The van der Waals surface area contributed by atoms with Gasteiger partial charge in [0.05, 0.1) is 10.7 Å². The summed E-state index contributed by atoms with van der Waals surface area (Å²) in [7, 11) is 0. The molecule has 2 rings (SSSR count). The number of hydrogen-bond acceptors (Lipinski definition) is 4. The van der Waals surface area contributed by atoms with Crippen molar-refractivity contribution < 1.29 is 19.1 Å². The fourth-order valence-corrected chi connectivity index (χ4v) is 4.82. The molecule has 0 saturated carbocycles.